The molecule has 2 nitrogen and oxygen atoms in total. The van der Waals surface area contributed by atoms with Crippen molar-refractivity contribution in [2.24, 2.45) is 5.84 Å². The molecule has 0 heterocycles. The van der Waals surface area contributed by atoms with Crippen molar-refractivity contribution in [1.29, 1.82) is 0 Å². The first-order valence-corrected chi connectivity index (χ1v) is 8.63. The number of hydrazine groups is 1. The second-order valence-electron chi connectivity index (χ2n) is 6.42. The van der Waals surface area contributed by atoms with Crippen LogP contribution in [0.5, 0.6) is 0 Å². The molecule has 0 aliphatic rings. The lowest BCUT2D eigenvalue weighted by molar-refractivity contribution is 0.499. The van der Waals surface area contributed by atoms with Crippen LogP contribution in [0.4, 0.5) is 5.69 Å². The third-order valence-electron chi connectivity index (χ3n) is 4.40. The summed E-state index contributed by atoms with van der Waals surface area (Å²) in [7, 11) is 0. The topological polar surface area (TPSA) is 29.3 Å². The standard InChI is InChI=1S/C19H34N2/c1-6-8-9-10-11-12-18(7-2)21(20)19-16(4)13-15(3)14-17(19)5/h13-14,18H,6-12,20H2,1-5H3. The molecule has 0 aliphatic carbocycles. The number of rotatable bonds is 9. The van der Waals surface area contributed by atoms with Gasteiger partial charge in [0.15, 0.2) is 0 Å². The number of aryl methyl sites for hydroxylation is 3. The van der Waals surface area contributed by atoms with Crippen LogP contribution in [0.2, 0.25) is 0 Å². The number of nitrogens with zero attached hydrogens (tertiary/aromatic N) is 1. The van der Waals surface area contributed by atoms with Crippen LogP contribution < -0.4 is 10.9 Å². The summed E-state index contributed by atoms with van der Waals surface area (Å²) in [5.41, 5.74) is 5.12. The molecule has 0 spiro atoms. The van der Waals surface area contributed by atoms with Gasteiger partial charge in [-0.3, -0.25) is 0 Å². The molecule has 1 aromatic carbocycles. The molecule has 0 radical (unpaired) electrons. The zero-order valence-electron chi connectivity index (χ0n) is 14.7. The Kier molecular flexibility index (Phi) is 7.81. The van der Waals surface area contributed by atoms with Gasteiger partial charge in [-0.25, -0.2) is 5.84 Å². The van der Waals surface area contributed by atoms with Crippen LogP contribution in [0.1, 0.15) is 75.5 Å². The number of unbranched alkanes of at least 4 members (excludes halogenated alkanes) is 4. The van der Waals surface area contributed by atoms with Crippen molar-refractivity contribution in [2.45, 2.75) is 85.6 Å². The summed E-state index contributed by atoms with van der Waals surface area (Å²) in [6, 6.07) is 4.92. The molecule has 0 aliphatic heterocycles. The Morgan fingerprint density at radius 3 is 2.05 bits per heavy atom. The van der Waals surface area contributed by atoms with Crippen LogP contribution >= 0.6 is 0 Å². The molecule has 1 rings (SSSR count). The number of hydrogen-bond acceptors (Lipinski definition) is 2. The van der Waals surface area contributed by atoms with E-state index in [9.17, 15) is 0 Å². The third kappa shape index (κ3) is 5.35. The minimum atomic E-state index is 0.451. The lowest BCUT2D eigenvalue weighted by Crippen LogP contribution is -2.42. The van der Waals surface area contributed by atoms with Gasteiger partial charge in [-0.2, -0.15) is 0 Å². The SMILES string of the molecule is CCCCCCCC(CC)N(N)c1c(C)cc(C)cc1C. The van der Waals surface area contributed by atoms with Gasteiger partial charge in [-0.1, -0.05) is 63.6 Å². The molecule has 1 unspecified atom stereocenters. The predicted molar refractivity (Wildman–Crippen MR) is 94.8 cm³/mol. The maximum atomic E-state index is 6.48. The van der Waals surface area contributed by atoms with Gasteiger partial charge in [-0.15, -0.1) is 0 Å². The fourth-order valence-corrected chi connectivity index (χ4v) is 3.29. The number of benzene rings is 1. The molecule has 0 saturated carbocycles. The molecule has 0 fully saturated rings. The highest BCUT2D eigenvalue weighted by Gasteiger charge is 2.17. The van der Waals surface area contributed by atoms with Crippen LogP contribution in [0.3, 0.4) is 0 Å². The molecule has 21 heavy (non-hydrogen) atoms. The second kappa shape index (κ2) is 9.09. The minimum absolute atomic E-state index is 0.451. The van der Waals surface area contributed by atoms with Crippen LogP contribution in [-0.2, 0) is 0 Å². The largest absolute Gasteiger partial charge is 0.308 e. The van der Waals surface area contributed by atoms with E-state index in [0.717, 1.165) is 6.42 Å². The van der Waals surface area contributed by atoms with E-state index in [4.69, 9.17) is 5.84 Å². The Morgan fingerprint density at radius 1 is 0.952 bits per heavy atom. The second-order valence-corrected chi connectivity index (χ2v) is 6.42. The maximum Gasteiger partial charge on any atom is 0.0578 e. The average Bonchev–Trinajstić information content (AvgIpc) is 2.41. The Balaban J connectivity index is 2.68. The van der Waals surface area contributed by atoms with Crippen LogP contribution in [0, 0.1) is 20.8 Å². The zero-order valence-corrected chi connectivity index (χ0v) is 14.7. The zero-order chi connectivity index (χ0) is 15.8. The first-order valence-electron chi connectivity index (χ1n) is 8.63. The number of anilines is 1. The molecular formula is C19H34N2. The Bertz CT molecular complexity index is 403. The first kappa shape index (κ1) is 18.0. The van der Waals surface area contributed by atoms with Crippen molar-refractivity contribution < 1.29 is 0 Å². The van der Waals surface area contributed by atoms with E-state index in [1.807, 2.05) is 5.01 Å². The van der Waals surface area contributed by atoms with E-state index in [1.54, 1.807) is 0 Å². The molecule has 0 aromatic heterocycles. The van der Waals surface area contributed by atoms with Crippen molar-refractivity contribution in [1.82, 2.24) is 0 Å². The van der Waals surface area contributed by atoms with E-state index in [-0.39, 0.29) is 0 Å². The summed E-state index contributed by atoms with van der Waals surface area (Å²) >= 11 is 0. The quantitative estimate of drug-likeness (QED) is 0.373. The Morgan fingerprint density at radius 2 is 1.52 bits per heavy atom. The summed E-state index contributed by atoms with van der Waals surface area (Å²) in [6.45, 7) is 11.0. The summed E-state index contributed by atoms with van der Waals surface area (Å²) in [5, 5.41) is 2.03. The van der Waals surface area contributed by atoms with Crippen LogP contribution in [0.15, 0.2) is 12.1 Å². The molecule has 2 N–H and O–H groups in total. The van der Waals surface area contributed by atoms with Crippen molar-refractivity contribution >= 4 is 5.69 Å². The number of hydrogen-bond donors (Lipinski definition) is 1. The lowest BCUT2D eigenvalue weighted by atomic mass is 10.0. The smallest absolute Gasteiger partial charge is 0.0578 e. The summed E-state index contributed by atoms with van der Waals surface area (Å²) in [5.74, 6) is 6.48. The van der Waals surface area contributed by atoms with Crippen molar-refractivity contribution in [3.05, 3.63) is 28.8 Å². The monoisotopic (exact) mass is 290 g/mol. The van der Waals surface area contributed by atoms with Gasteiger partial charge in [0.05, 0.1) is 5.69 Å². The molecule has 0 saturated heterocycles. The number of nitrogens with two attached hydrogens (primary N) is 1. The van der Waals surface area contributed by atoms with Crippen LogP contribution in [0.25, 0.3) is 0 Å². The third-order valence-corrected chi connectivity index (χ3v) is 4.40. The van der Waals surface area contributed by atoms with Gasteiger partial charge in [0.2, 0.25) is 0 Å². The molecular weight excluding hydrogens is 256 g/mol. The highest BCUT2D eigenvalue weighted by atomic mass is 15.4. The predicted octanol–water partition coefficient (Wildman–Crippen LogP) is 5.43. The van der Waals surface area contributed by atoms with Gasteiger partial charge in [0.25, 0.3) is 0 Å². The minimum Gasteiger partial charge on any atom is -0.308 e. The molecule has 0 bridgehead atoms. The fourth-order valence-electron chi connectivity index (χ4n) is 3.29. The van der Waals surface area contributed by atoms with E-state index in [2.05, 4.69) is 46.8 Å². The van der Waals surface area contributed by atoms with E-state index in [0.29, 0.717) is 6.04 Å². The highest BCUT2D eigenvalue weighted by Crippen LogP contribution is 2.27. The molecule has 0 amide bonds. The maximum absolute atomic E-state index is 6.48. The van der Waals surface area contributed by atoms with Gasteiger partial charge in [-0.05, 0) is 44.7 Å². The van der Waals surface area contributed by atoms with Crippen molar-refractivity contribution in [3.8, 4) is 0 Å². The van der Waals surface area contributed by atoms with Gasteiger partial charge >= 0.3 is 0 Å². The average molecular weight is 290 g/mol. The van der Waals surface area contributed by atoms with E-state index in [1.165, 1.54) is 60.9 Å². The van der Waals surface area contributed by atoms with E-state index < -0.39 is 0 Å². The fraction of sp³-hybridized carbons (Fsp3) is 0.684. The summed E-state index contributed by atoms with van der Waals surface area (Å²) in [6.07, 6.45) is 8.96. The highest BCUT2D eigenvalue weighted by molar-refractivity contribution is 5.59. The summed E-state index contributed by atoms with van der Waals surface area (Å²) < 4.78 is 0. The lowest BCUT2D eigenvalue weighted by Gasteiger charge is -2.31. The first-order chi connectivity index (χ1) is 10.0. The van der Waals surface area contributed by atoms with Gasteiger partial charge in [0, 0.05) is 6.04 Å². The normalized spacial score (nSPS) is 12.5. The molecule has 1 aromatic rings. The van der Waals surface area contributed by atoms with Gasteiger partial charge < -0.3 is 5.01 Å². The van der Waals surface area contributed by atoms with Crippen molar-refractivity contribution in [2.75, 3.05) is 5.01 Å². The van der Waals surface area contributed by atoms with E-state index >= 15 is 0 Å². The summed E-state index contributed by atoms with van der Waals surface area (Å²) in [4.78, 5) is 0. The Hall–Kier alpha value is -1.02. The molecule has 1 atom stereocenters. The molecule has 2 heteroatoms. The Labute approximate surface area is 131 Å². The molecule has 120 valence electrons. The van der Waals surface area contributed by atoms with Crippen molar-refractivity contribution in [3.63, 3.8) is 0 Å². The van der Waals surface area contributed by atoms with Gasteiger partial charge in [0.1, 0.15) is 0 Å². The van der Waals surface area contributed by atoms with Crippen LogP contribution in [-0.4, -0.2) is 6.04 Å².